The van der Waals surface area contributed by atoms with E-state index in [9.17, 15) is 9.59 Å². The molecule has 190 valence electrons. The van der Waals surface area contributed by atoms with E-state index in [4.69, 9.17) is 15.5 Å². The predicted octanol–water partition coefficient (Wildman–Crippen LogP) is 4.68. The minimum atomic E-state index is -0.651. The van der Waals surface area contributed by atoms with Gasteiger partial charge in [-0.05, 0) is 55.4 Å². The van der Waals surface area contributed by atoms with Gasteiger partial charge in [0.1, 0.15) is 5.78 Å². The molecule has 3 fully saturated rings. The van der Waals surface area contributed by atoms with Crippen LogP contribution in [0.3, 0.4) is 0 Å². The number of hydrogen-bond acceptors (Lipinski definition) is 8. The number of rotatable bonds is 9. The van der Waals surface area contributed by atoms with Crippen molar-refractivity contribution in [2.75, 3.05) is 30.0 Å². The van der Waals surface area contributed by atoms with E-state index in [2.05, 4.69) is 15.6 Å². The average molecular weight is 490 g/mol. The van der Waals surface area contributed by atoms with Gasteiger partial charge in [-0.25, -0.2) is 9.78 Å². The second-order valence-corrected chi connectivity index (χ2v) is 10.3. The Morgan fingerprint density at radius 2 is 1.94 bits per heavy atom. The van der Waals surface area contributed by atoms with Gasteiger partial charge in [0, 0.05) is 37.0 Å². The van der Waals surface area contributed by atoms with Gasteiger partial charge in [0.2, 0.25) is 0 Å². The van der Waals surface area contributed by atoms with Crippen molar-refractivity contribution < 1.29 is 14.3 Å². The number of esters is 1. The lowest BCUT2D eigenvalue weighted by atomic mass is 9.58. The molecule has 3 saturated carbocycles. The van der Waals surface area contributed by atoms with Gasteiger partial charge in [-0.3, -0.25) is 9.79 Å². The highest BCUT2D eigenvalue weighted by molar-refractivity contribution is 6.27. The molecule has 3 aliphatic carbocycles. The quantitative estimate of drug-likeness (QED) is 0.438. The van der Waals surface area contributed by atoms with Crippen molar-refractivity contribution in [3.63, 3.8) is 0 Å². The predicted molar refractivity (Wildman–Crippen MR) is 142 cm³/mol. The molecule has 1 atom stereocenters. The topological polar surface area (TPSA) is 119 Å². The van der Waals surface area contributed by atoms with E-state index in [1.807, 2.05) is 30.3 Å². The molecular formula is C28H35N5O3. The molecule has 4 N–H and O–H groups in total. The first-order chi connectivity index (χ1) is 17.5. The summed E-state index contributed by atoms with van der Waals surface area (Å²) < 4.78 is 5.05. The Balaban J connectivity index is 1.26. The number of benzene rings is 1. The van der Waals surface area contributed by atoms with E-state index >= 15 is 0 Å². The third-order valence-corrected chi connectivity index (χ3v) is 7.82. The molecule has 5 rings (SSSR count). The largest absolute Gasteiger partial charge is 0.467 e. The molecule has 8 heteroatoms. The summed E-state index contributed by atoms with van der Waals surface area (Å²) in [5, 5.41) is 6.71. The maximum atomic E-state index is 12.6. The van der Waals surface area contributed by atoms with E-state index in [-0.39, 0.29) is 11.8 Å². The van der Waals surface area contributed by atoms with Crippen molar-refractivity contribution in [3.05, 3.63) is 42.1 Å². The van der Waals surface area contributed by atoms with Crippen LogP contribution in [0, 0.1) is 11.3 Å². The number of nitrogens with two attached hydrogens (primary N) is 1. The van der Waals surface area contributed by atoms with Gasteiger partial charge in [-0.2, -0.15) is 0 Å². The van der Waals surface area contributed by atoms with Gasteiger partial charge >= 0.3 is 5.97 Å². The maximum absolute atomic E-state index is 12.6. The molecule has 2 aromatic rings. The summed E-state index contributed by atoms with van der Waals surface area (Å²) in [7, 11) is 1.38. The summed E-state index contributed by atoms with van der Waals surface area (Å²) in [5.74, 6) is 1.26. The molecule has 0 aliphatic heterocycles. The minimum Gasteiger partial charge on any atom is -0.467 e. The van der Waals surface area contributed by atoms with Gasteiger partial charge in [0.25, 0.3) is 0 Å². The van der Waals surface area contributed by atoms with Crippen LogP contribution in [0.4, 0.5) is 22.9 Å². The number of aliphatic imine (C=N–C) groups is 1. The van der Waals surface area contributed by atoms with Crippen LogP contribution in [0.5, 0.6) is 0 Å². The fraction of sp³-hybridized carbons (Fsp3) is 0.500. The zero-order valence-corrected chi connectivity index (χ0v) is 20.9. The first kappa shape index (κ1) is 24.3. The molecule has 0 saturated heterocycles. The zero-order chi connectivity index (χ0) is 25.1. The van der Waals surface area contributed by atoms with E-state index in [0.717, 1.165) is 67.2 Å². The van der Waals surface area contributed by atoms with E-state index in [0.29, 0.717) is 24.3 Å². The van der Waals surface area contributed by atoms with Crippen LogP contribution >= 0.6 is 0 Å². The molecule has 0 amide bonds. The van der Waals surface area contributed by atoms with Crippen LogP contribution in [-0.4, -0.2) is 42.1 Å². The lowest BCUT2D eigenvalue weighted by molar-refractivity contribution is -0.142. The first-order valence-corrected chi connectivity index (χ1v) is 13.0. The van der Waals surface area contributed by atoms with E-state index in [1.54, 1.807) is 6.20 Å². The number of ketones is 1. The highest BCUT2D eigenvalue weighted by Crippen LogP contribution is 2.47. The SMILES string of the molecule is COC(=O)[C@H](Cc1ccc(Nc2nccc(NCC3CC3)c2N)cc1)N=C1CC(=O)C12CCCCC2. The van der Waals surface area contributed by atoms with Crippen molar-refractivity contribution in [1.82, 2.24) is 4.98 Å². The maximum Gasteiger partial charge on any atom is 0.330 e. The van der Waals surface area contributed by atoms with Gasteiger partial charge in [-0.15, -0.1) is 0 Å². The van der Waals surface area contributed by atoms with Crippen molar-refractivity contribution in [2.45, 2.75) is 63.8 Å². The molecule has 0 unspecified atom stereocenters. The third kappa shape index (κ3) is 5.08. The number of carbonyl (C=O) groups is 2. The Bertz CT molecular complexity index is 1150. The second kappa shape index (κ2) is 10.3. The normalized spacial score (nSPS) is 20.6. The fourth-order valence-electron chi connectivity index (χ4n) is 5.33. The molecule has 1 aromatic heterocycles. The number of nitrogens with one attached hydrogen (secondary N) is 2. The van der Waals surface area contributed by atoms with Crippen LogP contribution in [0.25, 0.3) is 0 Å². The van der Waals surface area contributed by atoms with Crippen molar-refractivity contribution in [2.24, 2.45) is 16.3 Å². The lowest BCUT2D eigenvalue weighted by Gasteiger charge is -2.44. The summed E-state index contributed by atoms with van der Waals surface area (Å²) in [5.41, 5.74) is 10.1. The Hall–Kier alpha value is -3.42. The number of Topliss-reactive ketones (excluding diaryl/α,β-unsaturated/α-hetero) is 1. The summed E-state index contributed by atoms with van der Waals surface area (Å²) in [6.45, 7) is 0.934. The smallest absolute Gasteiger partial charge is 0.330 e. The number of aromatic nitrogens is 1. The van der Waals surface area contributed by atoms with Gasteiger partial charge in [0.15, 0.2) is 11.9 Å². The Kier molecular flexibility index (Phi) is 6.94. The van der Waals surface area contributed by atoms with Crippen LogP contribution in [0.15, 0.2) is 41.5 Å². The van der Waals surface area contributed by atoms with E-state index in [1.165, 1.54) is 20.0 Å². The molecule has 0 radical (unpaired) electrons. The molecule has 3 aliphatic rings. The molecule has 1 aromatic carbocycles. The van der Waals surface area contributed by atoms with Gasteiger partial charge in [0.05, 0.1) is 23.9 Å². The number of ether oxygens (including phenoxy) is 1. The monoisotopic (exact) mass is 489 g/mol. The molecule has 36 heavy (non-hydrogen) atoms. The number of nitrogen functional groups attached to an aromatic ring is 1. The Labute approximate surface area is 212 Å². The van der Waals surface area contributed by atoms with Crippen LogP contribution in [-0.2, 0) is 20.7 Å². The Morgan fingerprint density at radius 3 is 2.61 bits per heavy atom. The summed E-state index contributed by atoms with van der Waals surface area (Å²) in [6, 6.07) is 9.06. The number of anilines is 4. The molecule has 8 nitrogen and oxygen atoms in total. The average Bonchev–Trinajstić information content (AvgIpc) is 3.74. The lowest BCUT2D eigenvalue weighted by Crippen LogP contribution is -2.52. The zero-order valence-electron chi connectivity index (χ0n) is 20.9. The van der Waals surface area contributed by atoms with Crippen molar-refractivity contribution >= 4 is 40.3 Å². The highest BCUT2D eigenvalue weighted by atomic mass is 16.5. The molecule has 0 bridgehead atoms. The van der Waals surface area contributed by atoms with Gasteiger partial charge < -0.3 is 21.1 Å². The third-order valence-electron chi connectivity index (χ3n) is 7.82. The van der Waals surface area contributed by atoms with Crippen LogP contribution in [0.2, 0.25) is 0 Å². The van der Waals surface area contributed by atoms with Crippen LogP contribution in [0.1, 0.15) is 56.9 Å². The molecule has 1 heterocycles. The fourth-order valence-corrected chi connectivity index (χ4v) is 5.33. The second-order valence-electron chi connectivity index (χ2n) is 10.3. The number of carbonyl (C=O) groups excluding carboxylic acids is 2. The van der Waals surface area contributed by atoms with Crippen LogP contribution < -0.4 is 16.4 Å². The standard InChI is InChI=1S/C28H35N5O3/c1-36-27(35)22(33-23-16-24(34)28(23)12-3-2-4-13-28)15-18-7-9-20(10-8-18)32-26-25(29)21(11-14-30-26)31-17-19-5-6-19/h7-11,14,19,22H,2-6,12-13,15-17,29H2,1H3,(H2,30,31,32)/t22-/m0/s1. The molecule has 1 spiro atoms. The van der Waals surface area contributed by atoms with Gasteiger partial charge in [-0.1, -0.05) is 31.4 Å². The number of nitrogens with zero attached hydrogens (tertiary/aromatic N) is 2. The van der Waals surface area contributed by atoms with Crippen molar-refractivity contribution in [3.8, 4) is 0 Å². The summed E-state index contributed by atoms with van der Waals surface area (Å²) in [6.07, 6.45) is 10.0. The highest BCUT2D eigenvalue weighted by Gasteiger charge is 2.52. The number of pyridine rings is 1. The van der Waals surface area contributed by atoms with E-state index < -0.39 is 11.5 Å². The minimum absolute atomic E-state index is 0.277. The van der Waals surface area contributed by atoms with Crippen molar-refractivity contribution in [1.29, 1.82) is 0 Å². The summed E-state index contributed by atoms with van der Waals surface area (Å²) in [4.78, 5) is 34.2. The number of methoxy groups -OCH3 is 1. The molecular weight excluding hydrogens is 454 g/mol. The number of hydrogen-bond donors (Lipinski definition) is 3. The summed E-state index contributed by atoms with van der Waals surface area (Å²) >= 11 is 0. The Morgan fingerprint density at radius 1 is 1.19 bits per heavy atom. The first-order valence-electron chi connectivity index (χ1n) is 13.0.